The number of esters is 1. The first-order chi connectivity index (χ1) is 11.3. The van der Waals surface area contributed by atoms with Gasteiger partial charge in [-0.05, 0) is 6.42 Å². The van der Waals surface area contributed by atoms with Crippen molar-refractivity contribution in [2.75, 3.05) is 18.9 Å². The first-order valence-corrected chi connectivity index (χ1v) is 7.96. The number of rotatable bonds is 6. The maximum atomic E-state index is 11.9. The molecule has 0 aromatic carbocycles. The molecule has 1 aromatic rings. The number of anilines is 1. The molecule has 0 unspecified atom stereocenters. The Labute approximate surface area is 153 Å². The summed E-state index contributed by atoms with van der Waals surface area (Å²) >= 11 is 17.3. The first-order valence-electron chi connectivity index (χ1n) is 6.82. The predicted octanol–water partition coefficient (Wildman–Crippen LogP) is 2.41. The van der Waals surface area contributed by atoms with Crippen LogP contribution in [0.5, 0.6) is 0 Å². The highest BCUT2D eigenvalue weighted by Gasteiger charge is 2.22. The number of carbonyl (C=O) groups is 3. The van der Waals surface area contributed by atoms with E-state index in [1.165, 1.54) is 0 Å². The summed E-state index contributed by atoms with van der Waals surface area (Å²) in [5, 5.41) is 3.90. The van der Waals surface area contributed by atoms with Crippen LogP contribution in [0.4, 0.5) is 10.5 Å². The fraction of sp³-hybridized carbons (Fsp3) is 0.385. The van der Waals surface area contributed by atoms with Crippen LogP contribution in [0.25, 0.3) is 0 Å². The van der Waals surface area contributed by atoms with Gasteiger partial charge in [-0.25, -0.2) is 14.6 Å². The van der Waals surface area contributed by atoms with Gasteiger partial charge in [-0.15, -0.1) is 0 Å². The fourth-order valence-corrected chi connectivity index (χ4v) is 2.04. The third-order valence-electron chi connectivity index (χ3n) is 2.67. The number of pyridine rings is 1. The quantitative estimate of drug-likeness (QED) is 0.385. The zero-order chi connectivity index (χ0) is 18.3. The Kier molecular flexibility index (Phi) is 8.03. The minimum atomic E-state index is -1.04. The van der Waals surface area contributed by atoms with Crippen molar-refractivity contribution in [2.24, 2.45) is 0 Å². The molecule has 0 aliphatic carbocycles. The number of nitrogens with zero attached hydrogens (tertiary/aromatic N) is 1. The molecule has 0 radical (unpaired) electrons. The van der Waals surface area contributed by atoms with Crippen molar-refractivity contribution in [3.8, 4) is 0 Å². The monoisotopic (exact) mass is 396 g/mol. The topological polar surface area (TPSA) is 123 Å². The van der Waals surface area contributed by atoms with E-state index in [1.54, 1.807) is 0 Å². The van der Waals surface area contributed by atoms with Crippen molar-refractivity contribution >= 4 is 58.4 Å². The maximum absolute atomic E-state index is 11.9. The van der Waals surface area contributed by atoms with Gasteiger partial charge in [-0.3, -0.25) is 10.1 Å². The molecule has 1 aromatic heterocycles. The van der Waals surface area contributed by atoms with Crippen molar-refractivity contribution in [1.29, 1.82) is 0 Å². The number of hydrogen-bond donors (Lipinski definition) is 3. The number of halogens is 3. The van der Waals surface area contributed by atoms with E-state index in [0.717, 1.165) is 12.8 Å². The number of ether oxygens (including phenoxy) is 1. The number of nitrogen functional groups attached to an aromatic ring is 1. The number of carbonyl (C=O) groups excluding carboxylic acids is 3. The molecule has 0 saturated heterocycles. The molecule has 1 rings (SSSR count). The lowest BCUT2D eigenvalue weighted by atomic mass is 10.3. The Morgan fingerprint density at radius 1 is 1.21 bits per heavy atom. The summed E-state index contributed by atoms with van der Waals surface area (Å²) in [5.41, 5.74) is 5.05. The molecule has 0 aliphatic heterocycles. The predicted molar refractivity (Wildman–Crippen MR) is 90.4 cm³/mol. The Morgan fingerprint density at radius 3 is 2.50 bits per heavy atom. The highest BCUT2D eigenvalue weighted by atomic mass is 35.5. The van der Waals surface area contributed by atoms with Crippen molar-refractivity contribution in [3.63, 3.8) is 0 Å². The zero-order valence-corrected chi connectivity index (χ0v) is 14.9. The van der Waals surface area contributed by atoms with Gasteiger partial charge in [0.05, 0.1) is 10.7 Å². The van der Waals surface area contributed by atoms with Gasteiger partial charge in [0.25, 0.3) is 5.91 Å². The molecule has 4 N–H and O–H groups in total. The molecule has 24 heavy (non-hydrogen) atoms. The number of imide groups is 1. The number of aromatic nitrogens is 1. The van der Waals surface area contributed by atoms with Gasteiger partial charge in [0.2, 0.25) is 0 Å². The summed E-state index contributed by atoms with van der Waals surface area (Å²) in [6, 6.07) is -0.681. The van der Waals surface area contributed by atoms with Crippen LogP contribution in [0.15, 0.2) is 0 Å². The molecule has 0 saturated carbocycles. The highest BCUT2D eigenvalue weighted by molar-refractivity contribution is 6.46. The van der Waals surface area contributed by atoms with Crippen molar-refractivity contribution in [3.05, 3.63) is 20.9 Å². The lowest BCUT2D eigenvalue weighted by Gasteiger charge is -2.09. The molecule has 0 spiro atoms. The number of nitrogens with one attached hydrogen (secondary N) is 2. The average Bonchev–Trinajstić information content (AvgIpc) is 2.54. The van der Waals surface area contributed by atoms with Gasteiger partial charge >= 0.3 is 12.0 Å². The lowest BCUT2D eigenvalue weighted by Crippen LogP contribution is -2.41. The van der Waals surface area contributed by atoms with Gasteiger partial charge in [0.15, 0.2) is 17.5 Å². The Hall–Kier alpha value is -1.77. The number of nitrogens with two attached hydrogens (primary N) is 1. The second kappa shape index (κ2) is 9.51. The van der Waals surface area contributed by atoms with Gasteiger partial charge in [0, 0.05) is 6.54 Å². The Morgan fingerprint density at radius 2 is 1.88 bits per heavy atom. The summed E-state index contributed by atoms with van der Waals surface area (Å²) in [6.45, 7) is 1.68. The van der Waals surface area contributed by atoms with Crippen LogP contribution in [0, 0.1) is 0 Å². The smallest absolute Gasteiger partial charge is 0.359 e. The maximum Gasteiger partial charge on any atom is 0.359 e. The molecule has 0 fully saturated rings. The molecular formula is C13H15Cl3N4O4. The SMILES string of the molecule is CCCCNC(=O)NC(=O)COC(=O)c1nc(Cl)c(Cl)c(N)c1Cl. The minimum absolute atomic E-state index is 0.0975. The second-order valence-corrected chi connectivity index (χ2v) is 5.64. The molecule has 0 bridgehead atoms. The molecule has 8 nitrogen and oxygen atoms in total. The van der Waals surface area contributed by atoms with E-state index >= 15 is 0 Å². The lowest BCUT2D eigenvalue weighted by molar-refractivity contribution is -0.123. The number of hydrogen-bond acceptors (Lipinski definition) is 6. The fourth-order valence-electron chi connectivity index (χ4n) is 1.45. The normalized spacial score (nSPS) is 10.2. The van der Waals surface area contributed by atoms with Crippen LogP contribution in [-0.4, -0.2) is 36.0 Å². The molecule has 3 amide bonds. The number of urea groups is 1. The molecule has 132 valence electrons. The molecular weight excluding hydrogens is 383 g/mol. The van der Waals surface area contributed by atoms with E-state index in [0.29, 0.717) is 6.54 Å². The van der Waals surface area contributed by atoms with E-state index in [4.69, 9.17) is 45.3 Å². The van der Waals surface area contributed by atoms with Gasteiger partial charge in [-0.1, -0.05) is 48.1 Å². The molecule has 0 aliphatic rings. The average molecular weight is 398 g/mol. The van der Waals surface area contributed by atoms with Crippen molar-refractivity contribution < 1.29 is 19.1 Å². The van der Waals surface area contributed by atoms with Crippen molar-refractivity contribution in [1.82, 2.24) is 15.6 Å². The van der Waals surface area contributed by atoms with Gasteiger partial charge < -0.3 is 15.8 Å². The van der Waals surface area contributed by atoms with Crippen LogP contribution in [0.3, 0.4) is 0 Å². The largest absolute Gasteiger partial charge is 0.451 e. The molecule has 0 atom stereocenters. The van der Waals surface area contributed by atoms with Crippen LogP contribution >= 0.6 is 34.8 Å². The summed E-state index contributed by atoms with van der Waals surface area (Å²) < 4.78 is 4.71. The number of unbranched alkanes of at least 4 members (excludes halogenated alkanes) is 1. The minimum Gasteiger partial charge on any atom is -0.451 e. The molecule has 1 heterocycles. The van der Waals surface area contributed by atoms with Gasteiger partial charge in [-0.2, -0.15) is 0 Å². The third-order valence-corrected chi connectivity index (χ3v) is 3.80. The second-order valence-electron chi connectivity index (χ2n) is 4.53. The van der Waals surface area contributed by atoms with Crippen LogP contribution in [-0.2, 0) is 9.53 Å². The highest BCUT2D eigenvalue weighted by Crippen LogP contribution is 2.34. The zero-order valence-electron chi connectivity index (χ0n) is 12.6. The summed E-state index contributed by atoms with van der Waals surface area (Å²) in [5.74, 6) is -1.85. The van der Waals surface area contributed by atoms with E-state index in [1.807, 2.05) is 12.2 Å². The summed E-state index contributed by atoms with van der Waals surface area (Å²) in [4.78, 5) is 38.4. The summed E-state index contributed by atoms with van der Waals surface area (Å²) in [6.07, 6.45) is 1.67. The van der Waals surface area contributed by atoms with E-state index in [2.05, 4.69) is 10.3 Å². The van der Waals surface area contributed by atoms with E-state index < -0.39 is 24.5 Å². The van der Waals surface area contributed by atoms with E-state index in [-0.39, 0.29) is 26.6 Å². The summed E-state index contributed by atoms with van der Waals surface area (Å²) in [7, 11) is 0. The third kappa shape index (κ3) is 5.70. The standard InChI is InChI=1S/C13H15Cl3N4O4/c1-2-3-4-18-13(23)19-6(21)5-24-12(22)10-7(14)9(17)8(15)11(16)20-10/h2-5H2,1H3,(H2,17,20)(H2,18,19,21,23). The van der Waals surface area contributed by atoms with Crippen LogP contribution in [0.1, 0.15) is 30.3 Å². The number of amides is 3. The first kappa shape index (κ1) is 20.3. The molecule has 11 heteroatoms. The Bertz CT molecular complexity index is 655. The van der Waals surface area contributed by atoms with Crippen LogP contribution < -0.4 is 16.4 Å². The van der Waals surface area contributed by atoms with Gasteiger partial charge in [0.1, 0.15) is 5.02 Å². The van der Waals surface area contributed by atoms with Crippen LogP contribution in [0.2, 0.25) is 15.2 Å². The van der Waals surface area contributed by atoms with Crippen molar-refractivity contribution in [2.45, 2.75) is 19.8 Å². The Balaban J connectivity index is 2.58. The van der Waals surface area contributed by atoms with E-state index in [9.17, 15) is 14.4 Å².